The summed E-state index contributed by atoms with van der Waals surface area (Å²) in [4.78, 5) is 10.4. The molecule has 0 radical (unpaired) electrons. The summed E-state index contributed by atoms with van der Waals surface area (Å²) < 4.78 is 5.03. The van der Waals surface area contributed by atoms with Gasteiger partial charge in [0.1, 0.15) is 12.4 Å². The molecule has 1 unspecified atom stereocenters. The third-order valence-electron chi connectivity index (χ3n) is 1.25. The molecular formula is C9H16O3. The Kier molecular flexibility index (Phi) is 4.78. The number of aldehydes is 1. The molecule has 0 aliphatic carbocycles. The van der Waals surface area contributed by atoms with Gasteiger partial charge in [0.15, 0.2) is 5.79 Å². The molecule has 0 aromatic carbocycles. The van der Waals surface area contributed by atoms with Gasteiger partial charge < -0.3 is 14.6 Å². The first-order valence-electron chi connectivity index (χ1n) is 3.96. The van der Waals surface area contributed by atoms with E-state index in [4.69, 9.17) is 4.74 Å². The van der Waals surface area contributed by atoms with Crippen LogP contribution in [0.2, 0.25) is 0 Å². The van der Waals surface area contributed by atoms with Gasteiger partial charge in [0.25, 0.3) is 0 Å². The lowest BCUT2D eigenvalue weighted by atomic mass is 10.2. The fraction of sp³-hybridized carbons (Fsp3) is 0.667. The predicted molar refractivity (Wildman–Crippen MR) is 46.7 cm³/mol. The molecule has 0 saturated heterocycles. The molecule has 0 aromatic heterocycles. The highest BCUT2D eigenvalue weighted by Gasteiger charge is 2.18. The Hall–Kier alpha value is -0.670. The fourth-order valence-electron chi connectivity index (χ4n) is 0.807. The molecule has 0 bridgehead atoms. The largest absolute Gasteiger partial charge is 0.366 e. The lowest BCUT2D eigenvalue weighted by Gasteiger charge is -2.22. The number of aliphatic hydroxyl groups is 1. The van der Waals surface area contributed by atoms with Crippen LogP contribution in [0.25, 0.3) is 0 Å². The quantitative estimate of drug-likeness (QED) is 0.373. The van der Waals surface area contributed by atoms with Crippen molar-refractivity contribution in [2.24, 2.45) is 0 Å². The van der Waals surface area contributed by atoms with Gasteiger partial charge in [0.2, 0.25) is 0 Å². The third-order valence-corrected chi connectivity index (χ3v) is 1.25. The van der Waals surface area contributed by atoms with Crippen molar-refractivity contribution in [1.82, 2.24) is 0 Å². The van der Waals surface area contributed by atoms with Gasteiger partial charge in [-0.05, 0) is 26.7 Å². The molecule has 1 N–H and O–H groups in total. The van der Waals surface area contributed by atoms with Crippen LogP contribution in [0.3, 0.4) is 0 Å². The van der Waals surface area contributed by atoms with Crippen molar-refractivity contribution in [3.05, 3.63) is 12.7 Å². The number of hydrogen-bond donors (Lipinski definition) is 1. The number of carbonyl (C=O) groups excluding carboxylic acids is 1. The zero-order valence-corrected chi connectivity index (χ0v) is 7.62. The van der Waals surface area contributed by atoms with Crippen molar-refractivity contribution in [2.75, 3.05) is 0 Å². The zero-order valence-electron chi connectivity index (χ0n) is 7.62. The van der Waals surface area contributed by atoms with E-state index in [2.05, 4.69) is 6.58 Å². The highest BCUT2D eigenvalue weighted by atomic mass is 16.6. The third kappa shape index (κ3) is 6.07. The molecule has 0 aliphatic heterocycles. The molecule has 0 saturated carbocycles. The average Bonchev–Trinajstić information content (AvgIpc) is 1.95. The summed E-state index contributed by atoms with van der Waals surface area (Å²) in [5, 5.41) is 9.21. The Morgan fingerprint density at radius 1 is 1.67 bits per heavy atom. The highest BCUT2D eigenvalue weighted by molar-refractivity contribution is 5.55. The van der Waals surface area contributed by atoms with Gasteiger partial charge in [-0.3, -0.25) is 0 Å². The van der Waals surface area contributed by atoms with Gasteiger partial charge in [-0.15, -0.1) is 6.58 Å². The first-order valence-corrected chi connectivity index (χ1v) is 3.96. The first kappa shape index (κ1) is 11.3. The molecule has 1 atom stereocenters. The first-order chi connectivity index (χ1) is 5.49. The molecule has 0 fully saturated rings. The summed E-state index contributed by atoms with van der Waals surface area (Å²) in [7, 11) is 0. The van der Waals surface area contributed by atoms with Crippen LogP contribution >= 0.6 is 0 Å². The molecule has 0 spiro atoms. The zero-order chi connectivity index (χ0) is 9.61. The second kappa shape index (κ2) is 5.06. The lowest BCUT2D eigenvalue weighted by molar-refractivity contribution is -0.202. The maximum atomic E-state index is 10.4. The summed E-state index contributed by atoms with van der Waals surface area (Å²) >= 11 is 0. The summed E-state index contributed by atoms with van der Waals surface area (Å²) in [6.45, 7) is 6.52. The van der Waals surface area contributed by atoms with Crippen molar-refractivity contribution in [3.8, 4) is 0 Å². The number of hydrogen-bond acceptors (Lipinski definition) is 3. The van der Waals surface area contributed by atoms with Crippen LogP contribution in [-0.4, -0.2) is 23.3 Å². The highest BCUT2D eigenvalue weighted by Crippen LogP contribution is 2.10. The van der Waals surface area contributed by atoms with Crippen LogP contribution in [0.5, 0.6) is 0 Å². The van der Waals surface area contributed by atoms with Crippen LogP contribution in [0, 0.1) is 0 Å². The van der Waals surface area contributed by atoms with E-state index in [9.17, 15) is 9.90 Å². The number of rotatable bonds is 6. The molecule has 0 heterocycles. The van der Waals surface area contributed by atoms with Crippen molar-refractivity contribution in [3.63, 3.8) is 0 Å². The lowest BCUT2D eigenvalue weighted by Crippen LogP contribution is -2.30. The second-order valence-corrected chi connectivity index (χ2v) is 3.11. The average molecular weight is 172 g/mol. The number of carbonyl (C=O) groups is 1. The van der Waals surface area contributed by atoms with E-state index >= 15 is 0 Å². The van der Waals surface area contributed by atoms with Gasteiger partial charge >= 0.3 is 0 Å². The molecule has 0 amide bonds. The van der Waals surface area contributed by atoms with Crippen molar-refractivity contribution in [1.29, 1.82) is 0 Å². The molecule has 12 heavy (non-hydrogen) atoms. The van der Waals surface area contributed by atoms with Crippen molar-refractivity contribution < 1.29 is 14.6 Å². The van der Waals surface area contributed by atoms with E-state index in [0.717, 1.165) is 0 Å². The Bertz CT molecular complexity index is 146. The van der Waals surface area contributed by atoms with Crippen molar-refractivity contribution in [2.45, 2.75) is 38.6 Å². The van der Waals surface area contributed by atoms with Gasteiger partial charge in [-0.25, -0.2) is 0 Å². The van der Waals surface area contributed by atoms with Gasteiger partial charge in [0.05, 0.1) is 0 Å². The summed E-state index contributed by atoms with van der Waals surface area (Å²) in [6.07, 6.45) is 3.14. The maximum Gasteiger partial charge on any atom is 0.160 e. The van der Waals surface area contributed by atoms with E-state index in [1.807, 2.05) is 0 Å². The normalized spacial score (nSPS) is 13.9. The maximum absolute atomic E-state index is 10.4. The topological polar surface area (TPSA) is 46.5 Å². The smallest absolute Gasteiger partial charge is 0.160 e. The minimum absolute atomic E-state index is 0.539. The van der Waals surface area contributed by atoms with E-state index < -0.39 is 11.9 Å². The van der Waals surface area contributed by atoms with E-state index in [0.29, 0.717) is 19.1 Å². The minimum atomic E-state index is -1.24. The molecule has 0 aromatic rings. The molecule has 3 nitrogen and oxygen atoms in total. The number of allylic oxidation sites excluding steroid dienone is 1. The van der Waals surface area contributed by atoms with Crippen LogP contribution < -0.4 is 0 Å². The fourth-order valence-corrected chi connectivity index (χ4v) is 0.807. The standard InChI is InChI=1S/C9H16O3/c1-4-5-6-8(7-10)12-9(2,3)11/h4,7-8,11H,1,5-6H2,2-3H3. The molecule has 0 rings (SSSR count). The summed E-state index contributed by atoms with van der Waals surface area (Å²) in [5.74, 6) is -1.24. The summed E-state index contributed by atoms with van der Waals surface area (Å²) in [5.41, 5.74) is 0. The molecule has 70 valence electrons. The Morgan fingerprint density at radius 3 is 2.58 bits per heavy atom. The second-order valence-electron chi connectivity index (χ2n) is 3.11. The Morgan fingerprint density at radius 2 is 2.25 bits per heavy atom. The molecule has 0 aliphatic rings. The van der Waals surface area contributed by atoms with Gasteiger partial charge in [-0.1, -0.05) is 6.08 Å². The molecular weight excluding hydrogens is 156 g/mol. The SMILES string of the molecule is C=CCCC(C=O)OC(C)(C)O. The van der Waals surface area contributed by atoms with Gasteiger partial charge in [0, 0.05) is 0 Å². The monoisotopic (exact) mass is 172 g/mol. The van der Waals surface area contributed by atoms with Crippen LogP contribution in [0.15, 0.2) is 12.7 Å². The molecule has 3 heteroatoms. The van der Waals surface area contributed by atoms with E-state index in [1.54, 1.807) is 6.08 Å². The Balaban J connectivity index is 3.82. The Labute approximate surface area is 73.0 Å². The van der Waals surface area contributed by atoms with E-state index in [1.165, 1.54) is 13.8 Å². The predicted octanol–water partition coefficient (Wildman–Crippen LogP) is 1.27. The van der Waals surface area contributed by atoms with E-state index in [-0.39, 0.29) is 0 Å². The van der Waals surface area contributed by atoms with Crippen LogP contribution in [-0.2, 0) is 9.53 Å². The van der Waals surface area contributed by atoms with Crippen LogP contribution in [0.4, 0.5) is 0 Å². The van der Waals surface area contributed by atoms with Crippen LogP contribution in [0.1, 0.15) is 26.7 Å². The minimum Gasteiger partial charge on any atom is -0.366 e. The summed E-state index contributed by atoms with van der Waals surface area (Å²) in [6, 6.07) is 0. The van der Waals surface area contributed by atoms with Crippen molar-refractivity contribution >= 4 is 6.29 Å². The van der Waals surface area contributed by atoms with Gasteiger partial charge in [-0.2, -0.15) is 0 Å². The number of ether oxygens (including phenoxy) is 1.